The molecule has 0 radical (unpaired) electrons. The van der Waals surface area contributed by atoms with Gasteiger partial charge in [0, 0.05) is 11.1 Å². The molecule has 0 aromatic heterocycles. The Morgan fingerprint density at radius 2 is 2.06 bits per heavy atom. The second-order valence-corrected chi connectivity index (χ2v) is 5.10. The molecule has 1 aromatic carbocycles. The summed E-state index contributed by atoms with van der Waals surface area (Å²) in [6, 6.07) is 8.78. The van der Waals surface area contributed by atoms with Gasteiger partial charge in [-0.05, 0) is 49.9 Å². The Balaban J connectivity index is 2.35. The third-order valence-electron chi connectivity index (χ3n) is 3.05. The molecule has 1 aromatic rings. The number of hydrogen-bond donors (Lipinski definition) is 1. The molecule has 0 saturated heterocycles. The summed E-state index contributed by atoms with van der Waals surface area (Å²) in [6.45, 7) is 4.53. The van der Waals surface area contributed by atoms with E-state index in [1.807, 2.05) is 19.2 Å². The van der Waals surface area contributed by atoms with E-state index in [1.54, 1.807) is 0 Å². The van der Waals surface area contributed by atoms with Gasteiger partial charge in [-0.3, -0.25) is 0 Å². The predicted molar refractivity (Wildman–Crippen MR) is 72.1 cm³/mol. The molecule has 0 saturated carbocycles. The number of benzene rings is 1. The third kappa shape index (κ3) is 4.54. The molecule has 1 unspecified atom stereocenters. The summed E-state index contributed by atoms with van der Waals surface area (Å²) in [4.78, 5) is 0. The molecule has 2 heteroatoms. The lowest BCUT2D eigenvalue weighted by molar-refractivity contribution is 0.393. The van der Waals surface area contributed by atoms with Gasteiger partial charge >= 0.3 is 0 Å². The van der Waals surface area contributed by atoms with Crippen LogP contribution in [0.15, 0.2) is 24.3 Å². The highest BCUT2D eigenvalue weighted by Crippen LogP contribution is 2.15. The quantitative estimate of drug-likeness (QED) is 0.794. The summed E-state index contributed by atoms with van der Waals surface area (Å²) in [5.41, 5.74) is 1.34. The molecule has 0 fully saturated rings. The molecular formula is C14H22ClN. The Morgan fingerprint density at radius 1 is 1.31 bits per heavy atom. The van der Waals surface area contributed by atoms with E-state index in [1.165, 1.54) is 18.4 Å². The van der Waals surface area contributed by atoms with Crippen LogP contribution in [0.4, 0.5) is 0 Å². The van der Waals surface area contributed by atoms with Crippen molar-refractivity contribution in [3.63, 3.8) is 0 Å². The fourth-order valence-electron chi connectivity index (χ4n) is 2.03. The van der Waals surface area contributed by atoms with Crippen molar-refractivity contribution in [3.8, 4) is 0 Å². The fraction of sp³-hybridized carbons (Fsp3) is 0.571. The Labute approximate surface area is 104 Å². The minimum atomic E-state index is 0.624. The molecule has 0 heterocycles. The number of hydrogen-bond acceptors (Lipinski definition) is 1. The Hall–Kier alpha value is -0.530. The van der Waals surface area contributed by atoms with Crippen LogP contribution in [0.5, 0.6) is 0 Å². The van der Waals surface area contributed by atoms with Gasteiger partial charge in [-0.2, -0.15) is 0 Å². The summed E-state index contributed by atoms with van der Waals surface area (Å²) in [6.07, 6.45) is 3.55. The highest BCUT2D eigenvalue weighted by atomic mass is 35.5. The van der Waals surface area contributed by atoms with Crippen LogP contribution in [0.3, 0.4) is 0 Å². The van der Waals surface area contributed by atoms with Crippen LogP contribution >= 0.6 is 11.6 Å². The van der Waals surface area contributed by atoms with Crippen molar-refractivity contribution in [2.75, 3.05) is 7.05 Å². The van der Waals surface area contributed by atoms with Crippen LogP contribution in [0, 0.1) is 5.92 Å². The summed E-state index contributed by atoms with van der Waals surface area (Å²) in [5, 5.41) is 4.21. The monoisotopic (exact) mass is 239 g/mol. The van der Waals surface area contributed by atoms with Gasteiger partial charge in [0.2, 0.25) is 0 Å². The molecule has 90 valence electrons. The molecule has 1 atom stereocenters. The first-order chi connectivity index (χ1) is 7.63. The van der Waals surface area contributed by atoms with Gasteiger partial charge in [-0.15, -0.1) is 0 Å². The highest BCUT2D eigenvalue weighted by Gasteiger charge is 2.09. The third-order valence-corrected chi connectivity index (χ3v) is 3.28. The summed E-state index contributed by atoms with van der Waals surface area (Å²) in [5.74, 6) is 0.698. The molecule has 1 rings (SSSR count). The smallest absolute Gasteiger partial charge is 0.0408 e. The first-order valence-electron chi connectivity index (χ1n) is 6.05. The molecular weight excluding hydrogens is 218 g/mol. The van der Waals surface area contributed by atoms with E-state index in [0.717, 1.165) is 11.4 Å². The number of halogens is 1. The SMILES string of the molecule is CNC(CCCc1cccc(Cl)c1)C(C)C. The van der Waals surface area contributed by atoms with Crippen molar-refractivity contribution in [2.24, 2.45) is 5.92 Å². The van der Waals surface area contributed by atoms with E-state index in [2.05, 4.69) is 31.3 Å². The van der Waals surface area contributed by atoms with Crippen LogP contribution in [0.1, 0.15) is 32.3 Å². The van der Waals surface area contributed by atoms with Crippen LogP contribution in [-0.4, -0.2) is 13.1 Å². The molecule has 0 aliphatic carbocycles. The van der Waals surface area contributed by atoms with E-state index in [4.69, 9.17) is 11.6 Å². The van der Waals surface area contributed by atoms with Crippen molar-refractivity contribution in [3.05, 3.63) is 34.9 Å². The van der Waals surface area contributed by atoms with Crippen molar-refractivity contribution in [2.45, 2.75) is 39.2 Å². The van der Waals surface area contributed by atoms with Gasteiger partial charge in [0.05, 0.1) is 0 Å². The minimum absolute atomic E-state index is 0.624. The maximum absolute atomic E-state index is 5.95. The summed E-state index contributed by atoms with van der Waals surface area (Å²) in [7, 11) is 2.05. The fourth-order valence-corrected chi connectivity index (χ4v) is 2.24. The average molecular weight is 240 g/mol. The van der Waals surface area contributed by atoms with E-state index in [0.29, 0.717) is 12.0 Å². The maximum Gasteiger partial charge on any atom is 0.0408 e. The van der Waals surface area contributed by atoms with Gasteiger partial charge in [0.25, 0.3) is 0 Å². The minimum Gasteiger partial charge on any atom is -0.317 e. The normalized spacial score (nSPS) is 13.1. The summed E-state index contributed by atoms with van der Waals surface area (Å²) >= 11 is 5.95. The van der Waals surface area contributed by atoms with E-state index in [9.17, 15) is 0 Å². The standard InChI is InChI=1S/C14H22ClN/c1-11(2)14(16-3)9-5-7-12-6-4-8-13(15)10-12/h4,6,8,10-11,14,16H,5,7,9H2,1-3H3. The molecule has 16 heavy (non-hydrogen) atoms. The van der Waals surface area contributed by atoms with Crippen LogP contribution in [0.25, 0.3) is 0 Å². The molecule has 1 N–H and O–H groups in total. The lowest BCUT2D eigenvalue weighted by Gasteiger charge is -2.19. The second kappa shape index (κ2) is 6.93. The molecule has 0 spiro atoms. The first kappa shape index (κ1) is 13.5. The average Bonchev–Trinajstić information content (AvgIpc) is 2.24. The number of rotatable bonds is 6. The van der Waals surface area contributed by atoms with Gasteiger partial charge in [-0.1, -0.05) is 37.6 Å². The van der Waals surface area contributed by atoms with Gasteiger partial charge in [0.1, 0.15) is 0 Å². The van der Waals surface area contributed by atoms with Gasteiger partial charge < -0.3 is 5.32 Å². The first-order valence-corrected chi connectivity index (χ1v) is 6.43. The zero-order chi connectivity index (χ0) is 12.0. The zero-order valence-electron chi connectivity index (χ0n) is 10.5. The van der Waals surface area contributed by atoms with Crippen LogP contribution < -0.4 is 5.32 Å². The Kier molecular flexibility index (Phi) is 5.86. The van der Waals surface area contributed by atoms with Gasteiger partial charge in [0.15, 0.2) is 0 Å². The molecule has 0 amide bonds. The van der Waals surface area contributed by atoms with Gasteiger partial charge in [-0.25, -0.2) is 0 Å². The molecule has 0 aliphatic heterocycles. The van der Waals surface area contributed by atoms with E-state index in [-0.39, 0.29) is 0 Å². The lowest BCUT2D eigenvalue weighted by atomic mass is 9.97. The van der Waals surface area contributed by atoms with Crippen molar-refractivity contribution in [1.29, 1.82) is 0 Å². The second-order valence-electron chi connectivity index (χ2n) is 4.66. The van der Waals surface area contributed by atoms with Crippen LogP contribution in [0.2, 0.25) is 5.02 Å². The highest BCUT2D eigenvalue weighted by molar-refractivity contribution is 6.30. The zero-order valence-corrected chi connectivity index (χ0v) is 11.2. The number of aryl methyl sites for hydroxylation is 1. The molecule has 0 aliphatic rings. The van der Waals surface area contributed by atoms with Crippen LogP contribution in [-0.2, 0) is 6.42 Å². The molecule has 1 nitrogen and oxygen atoms in total. The van der Waals surface area contributed by atoms with E-state index < -0.39 is 0 Å². The largest absolute Gasteiger partial charge is 0.317 e. The van der Waals surface area contributed by atoms with E-state index >= 15 is 0 Å². The lowest BCUT2D eigenvalue weighted by Crippen LogP contribution is -2.30. The summed E-state index contributed by atoms with van der Waals surface area (Å²) < 4.78 is 0. The Morgan fingerprint density at radius 3 is 2.62 bits per heavy atom. The van der Waals surface area contributed by atoms with Crippen molar-refractivity contribution in [1.82, 2.24) is 5.32 Å². The molecule has 0 bridgehead atoms. The maximum atomic E-state index is 5.95. The topological polar surface area (TPSA) is 12.0 Å². The number of nitrogens with one attached hydrogen (secondary N) is 1. The Bertz CT molecular complexity index is 309. The van der Waals surface area contributed by atoms with Crippen molar-refractivity contribution < 1.29 is 0 Å². The predicted octanol–water partition coefficient (Wildman–Crippen LogP) is 3.91. The van der Waals surface area contributed by atoms with Crippen molar-refractivity contribution >= 4 is 11.6 Å².